The summed E-state index contributed by atoms with van der Waals surface area (Å²) in [5, 5.41) is 6.53. The van der Waals surface area contributed by atoms with E-state index in [1.54, 1.807) is 36.7 Å². The molecule has 1 atom stereocenters. The van der Waals surface area contributed by atoms with Gasteiger partial charge in [0, 0.05) is 27.1 Å². The monoisotopic (exact) mass is 397 g/mol. The van der Waals surface area contributed by atoms with E-state index in [1.165, 1.54) is 0 Å². The number of hydrogen-bond donors (Lipinski definition) is 1. The number of carbonyl (C=O) groups is 1. The van der Waals surface area contributed by atoms with Crippen LogP contribution in [0.15, 0.2) is 36.0 Å². The van der Waals surface area contributed by atoms with E-state index >= 15 is 0 Å². The lowest BCUT2D eigenvalue weighted by Crippen LogP contribution is -2.38. The van der Waals surface area contributed by atoms with Gasteiger partial charge in [-0.3, -0.25) is 0 Å². The van der Waals surface area contributed by atoms with E-state index < -0.39 is 0 Å². The molecule has 1 unspecified atom stereocenters. The van der Waals surface area contributed by atoms with Crippen molar-refractivity contribution in [2.75, 3.05) is 32.5 Å². The summed E-state index contributed by atoms with van der Waals surface area (Å²) in [5.41, 5.74) is 2.00. The fourth-order valence-corrected chi connectivity index (χ4v) is 4.26. The Morgan fingerprint density at radius 1 is 1.32 bits per heavy atom. The van der Waals surface area contributed by atoms with Gasteiger partial charge in [0.2, 0.25) is 0 Å². The Balaban J connectivity index is 1.53. The summed E-state index contributed by atoms with van der Waals surface area (Å²) in [6.45, 7) is 3.36. The predicted molar refractivity (Wildman–Crippen MR) is 112 cm³/mol. The Bertz CT molecular complexity index is 1000. The number of urea groups is 1. The molecule has 0 saturated carbocycles. The Morgan fingerprint density at radius 2 is 2.14 bits per heavy atom. The fraction of sp³-hybridized carbons (Fsp3) is 0.350. The van der Waals surface area contributed by atoms with Gasteiger partial charge in [0.25, 0.3) is 0 Å². The van der Waals surface area contributed by atoms with Crippen LogP contribution in [0.3, 0.4) is 0 Å². The predicted octanol–water partition coefficient (Wildman–Crippen LogP) is 3.88. The van der Waals surface area contributed by atoms with Crippen molar-refractivity contribution in [2.24, 2.45) is 0 Å². The topological polar surface area (TPSA) is 70.6 Å². The van der Waals surface area contributed by atoms with Crippen LogP contribution in [0, 0.1) is 6.92 Å². The second-order valence-corrected chi connectivity index (χ2v) is 7.95. The number of nitrogens with zero attached hydrogens (tertiary/aromatic N) is 4. The van der Waals surface area contributed by atoms with Gasteiger partial charge >= 0.3 is 6.03 Å². The Labute approximate surface area is 168 Å². The number of carbonyl (C=O) groups excluding carboxylic acids is 1. The number of anilines is 2. The second kappa shape index (κ2) is 7.63. The van der Waals surface area contributed by atoms with Gasteiger partial charge in [0.15, 0.2) is 0 Å². The van der Waals surface area contributed by atoms with Crippen molar-refractivity contribution in [3.63, 3.8) is 0 Å². The van der Waals surface area contributed by atoms with Crippen molar-refractivity contribution in [3.8, 4) is 5.75 Å². The van der Waals surface area contributed by atoms with E-state index in [9.17, 15) is 4.79 Å². The van der Waals surface area contributed by atoms with Crippen molar-refractivity contribution >= 4 is 39.1 Å². The number of likely N-dealkylation sites (tertiary alicyclic amines) is 1. The van der Waals surface area contributed by atoms with Gasteiger partial charge in [-0.2, -0.15) is 0 Å². The zero-order chi connectivity index (χ0) is 19.7. The van der Waals surface area contributed by atoms with Gasteiger partial charge in [-0.05, 0) is 30.0 Å². The second-order valence-electron chi connectivity index (χ2n) is 7.09. The van der Waals surface area contributed by atoms with Gasteiger partial charge in [-0.15, -0.1) is 11.3 Å². The minimum absolute atomic E-state index is 0.0221. The van der Waals surface area contributed by atoms with E-state index in [2.05, 4.69) is 27.6 Å². The van der Waals surface area contributed by atoms with Crippen LogP contribution in [0.1, 0.15) is 12.0 Å². The summed E-state index contributed by atoms with van der Waals surface area (Å²) in [6, 6.07) is 7.85. The summed E-state index contributed by atoms with van der Waals surface area (Å²) in [6.07, 6.45) is 2.36. The van der Waals surface area contributed by atoms with Crippen LogP contribution in [0.4, 0.5) is 16.3 Å². The summed E-state index contributed by atoms with van der Waals surface area (Å²) in [4.78, 5) is 25.3. The van der Waals surface area contributed by atoms with Crippen LogP contribution in [0.25, 0.3) is 10.2 Å². The van der Waals surface area contributed by atoms with Crippen LogP contribution in [-0.2, 0) is 0 Å². The zero-order valence-electron chi connectivity index (χ0n) is 16.2. The molecule has 2 aromatic heterocycles. The molecule has 1 aromatic carbocycles. The molecule has 0 spiro atoms. The number of fused-ring (bicyclic) bond motifs is 1. The first-order chi connectivity index (χ1) is 13.5. The van der Waals surface area contributed by atoms with Gasteiger partial charge in [-0.25, -0.2) is 14.8 Å². The molecule has 0 radical (unpaired) electrons. The number of aromatic nitrogens is 2. The number of hydrogen-bond acceptors (Lipinski definition) is 6. The lowest BCUT2D eigenvalue weighted by molar-refractivity contribution is 0.168. The molecule has 1 fully saturated rings. The average molecular weight is 398 g/mol. The van der Waals surface area contributed by atoms with Gasteiger partial charge in [0.05, 0.1) is 17.6 Å². The summed E-state index contributed by atoms with van der Waals surface area (Å²) in [5.74, 6) is 1.53. The Hall–Kier alpha value is -2.87. The SMILES string of the molecule is Cc1csc2ncnc(Nc3ccccc3OC3CCN(C(=O)N(C)C)C3)c12. The highest BCUT2D eigenvalue weighted by Gasteiger charge is 2.29. The van der Waals surface area contributed by atoms with Crippen molar-refractivity contribution in [2.45, 2.75) is 19.4 Å². The molecule has 3 heterocycles. The van der Waals surface area contributed by atoms with E-state index in [-0.39, 0.29) is 12.1 Å². The zero-order valence-corrected chi connectivity index (χ0v) is 17.0. The number of para-hydroxylation sites is 2. The van der Waals surface area contributed by atoms with Crippen molar-refractivity contribution in [1.29, 1.82) is 0 Å². The van der Waals surface area contributed by atoms with Crippen LogP contribution in [0.2, 0.25) is 0 Å². The van der Waals surface area contributed by atoms with Crippen LogP contribution >= 0.6 is 11.3 Å². The quantitative estimate of drug-likeness (QED) is 0.723. The van der Waals surface area contributed by atoms with E-state index in [1.807, 2.05) is 29.2 Å². The standard InChI is InChI=1S/C20H23N5O2S/c1-13-11-28-19-17(13)18(21-12-22-19)23-15-6-4-5-7-16(15)27-14-8-9-25(10-14)20(26)24(2)3/h4-7,11-12,14H,8-10H2,1-3H3,(H,21,22,23). The first-order valence-electron chi connectivity index (χ1n) is 9.20. The molecular weight excluding hydrogens is 374 g/mol. The first kappa shape index (κ1) is 18.5. The van der Waals surface area contributed by atoms with Crippen LogP contribution < -0.4 is 10.1 Å². The molecule has 1 aliphatic heterocycles. The fourth-order valence-electron chi connectivity index (χ4n) is 3.37. The number of thiophene rings is 1. The summed E-state index contributed by atoms with van der Waals surface area (Å²) >= 11 is 1.61. The van der Waals surface area contributed by atoms with Crippen LogP contribution in [0.5, 0.6) is 5.75 Å². The van der Waals surface area contributed by atoms with Gasteiger partial charge in [-0.1, -0.05) is 12.1 Å². The molecule has 0 aliphatic carbocycles. The third-order valence-electron chi connectivity index (χ3n) is 4.79. The summed E-state index contributed by atoms with van der Waals surface area (Å²) < 4.78 is 6.25. The molecule has 1 N–H and O–H groups in total. The first-order valence-corrected chi connectivity index (χ1v) is 10.1. The number of amides is 2. The lowest BCUT2D eigenvalue weighted by atomic mass is 10.2. The van der Waals surface area contributed by atoms with Crippen molar-refractivity contribution in [1.82, 2.24) is 19.8 Å². The van der Waals surface area contributed by atoms with Crippen molar-refractivity contribution in [3.05, 3.63) is 41.5 Å². The largest absolute Gasteiger partial charge is 0.486 e. The Morgan fingerprint density at radius 3 is 2.96 bits per heavy atom. The van der Waals surface area contributed by atoms with E-state index in [0.29, 0.717) is 13.1 Å². The minimum atomic E-state index is -0.0276. The molecule has 1 aliphatic rings. The molecule has 3 aromatic rings. The smallest absolute Gasteiger partial charge is 0.319 e. The van der Waals surface area contributed by atoms with Gasteiger partial charge < -0.3 is 19.9 Å². The molecule has 2 amide bonds. The maximum absolute atomic E-state index is 12.2. The molecule has 4 rings (SSSR count). The molecule has 1 saturated heterocycles. The van der Waals surface area contributed by atoms with E-state index in [0.717, 1.165) is 39.5 Å². The third-order valence-corrected chi connectivity index (χ3v) is 5.79. The number of rotatable bonds is 4. The van der Waals surface area contributed by atoms with Crippen LogP contribution in [-0.4, -0.2) is 59.1 Å². The maximum atomic E-state index is 12.2. The van der Waals surface area contributed by atoms with Gasteiger partial charge in [0.1, 0.15) is 28.8 Å². The third kappa shape index (κ3) is 3.60. The van der Waals surface area contributed by atoms with Crippen molar-refractivity contribution < 1.29 is 9.53 Å². The maximum Gasteiger partial charge on any atom is 0.319 e. The molecule has 8 heteroatoms. The highest BCUT2D eigenvalue weighted by molar-refractivity contribution is 7.17. The Kier molecular flexibility index (Phi) is 5.04. The molecular formula is C20H23N5O2S. The lowest BCUT2D eigenvalue weighted by Gasteiger charge is -2.22. The minimum Gasteiger partial charge on any atom is -0.486 e. The average Bonchev–Trinajstić information content (AvgIpc) is 3.30. The highest BCUT2D eigenvalue weighted by Crippen LogP contribution is 2.34. The number of aryl methyl sites for hydroxylation is 1. The summed E-state index contributed by atoms with van der Waals surface area (Å²) in [7, 11) is 3.54. The molecule has 146 valence electrons. The number of nitrogens with one attached hydrogen (secondary N) is 1. The van der Waals surface area contributed by atoms with E-state index in [4.69, 9.17) is 4.74 Å². The number of benzene rings is 1. The molecule has 0 bridgehead atoms. The normalized spacial score (nSPS) is 16.4. The number of ether oxygens (including phenoxy) is 1. The highest BCUT2D eigenvalue weighted by atomic mass is 32.1. The molecule has 28 heavy (non-hydrogen) atoms. The molecule has 7 nitrogen and oxygen atoms in total.